The van der Waals surface area contributed by atoms with Crippen molar-refractivity contribution >= 4 is 34.8 Å². The van der Waals surface area contributed by atoms with Gasteiger partial charge in [-0.2, -0.15) is 0 Å². The van der Waals surface area contributed by atoms with Crippen LogP contribution in [-0.4, -0.2) is 70.6 Å². The molecule has 2 fully saturated rings. The third kappa shape index (κ3) is 10.3. The maximum atomic E-state index is 12.9. The fourth-order valence-corrected chi connectivity index (χ4v) is 6.46. The lowest BCUT2D eigenvalue weighted by Gasteiger charge is -2.40. The van der Waals surface area contributed by atoms with Crippen LogP contribution < -0.4 is 21.3 Å². The van der Waals surface area contributed by atoms with Crippen molar-refractivity contribution in [3.05, 3.63) is 108 Å². The van der Waals surface area contributed by atoms with Crippen LogP contribution >= 0.6 is 0 Å². The number of ether oxygens (including phenoxy) is 2. The molecule has 12 nitrogen and oxygen atoms in total. The van der Waals surface area contributed by atoms with Gasteiger partial charge in [0, 0.05) is 75.6 Å². The summed E-state index contributed by atoms with van der Waals surface area (Å²) >= 11 is 0. The number of nitrogens with zero attached hydrogens (tertiary/aromatic N) is 4. The second-order valence-corrected chi connectivity index (χ2v) is 13.1. The number of benzene rings is 3. The molecule has 0 aliphatic carbocycles. The molecule has 3 aromatic carbocycles. The first-order valence-corrected chi connectivity index (χ1v) is 17.7. The zero-order valence-electron chi connectivity index (χ0n) is 28.8. The van der Waals surface area contributed by atoms with Gasteiger partial charge in [0.25, 0.3) is 0 Å². The zero-order chi connectivity index (χ0) is 35.4. The predicted octanol–water partition coefficient (Wildman–Crippen LogP) is 5.45. The number of unbranched alkanes of at least 4 members (excludes halogenated alkanes) is 2. The molecule has 6 rings (SSSR count). The summed E-state index contributed by atoms with van der Waals surface area (Å²) in [5, 5.41) is 15.4. The molecule has 1 aromatic heterocycles. The van der Waals surface area contributed by atoms with Crippen molar-refractivity contribution in [3.8, 4) is 0 Å². The molecule has 3 atom stereocenters. The maximum absolute atomic E-state index is 12.9. The Hall–Kier alpha value is -4.88. The van der Waals surface area contributed by atoms with Crippen molar-refractivity contribution in [2.75, 3.05) is 54.0 Å². The lowest BCUT2D eigenvalue weighted by Crippen LogP contribution is -2.50. The molecule has 2 aliphatic rings. The van der Waals surface area contributed by atoms with Gasteiger partial charge in [-0.1, -0.05) is 55.0 Å². The number of aliphatic hydroxyl groups excluding tert-OH is 1. The average Bonchev–Trinajstić information content (AvgIpc) is 3.16. The van der Waals surface area contributed by atoms with E-state index in [9.17, 15) is 14.7 Å². The highest BCUT2D eigenvalue weighted by Gasteiger charge is 2.34. The summed E-state index contributed by atoms with van der Waals surface area (Å²) in [7, 11) is 0. The van der Waals surface area contributed by atoms with Crippen molar-refractivity contribution in [2.45, 2.75) is 63.6 Å². The van der Waals surface area contributed by atoms with Gasteiger partial charge in [0.05, 0.1) is 30.2 Å². The fourth-order valence-electron chi connectivity index (χ4n) is 6.46. The molecule has 2 amide bonds. The largest absolute Gasteiger partial charge is 0.397 e. The van der Waals surface area contributed by atoms with Crippen molar-refractivity contribution < 1.29 is 24.2 Å². The number of aromatic nitrogens is 2. The molecule has 0 bridgehead atoms. The molecular formula is C39H47N7O5. The Kier molecular flexibility index (Phi) is 12.6. The number of anilines is 4. The predicted molar refractivity (Wildman–Crippen MR) is 197 cm³/mol. The maximum Gasteiger partial charge on any atom is 0.225 e. The van der Waals surface area contributed by atoms with Crippen LogP contribution in [0.2, 0.25) is 0 Å². The van der Waals surface area contributed by atoms with E-state index in [2.05, 4.69) is 30.4 Å². The van der Waals surface area contributed by atoms with Gasteiger partial charge in [-0.15, -0.1) is 0 Å². The topological polar surface area (TPSA) is 155 Å². The van der Waals surface area contributed by atoms with Crippen molar-refractivity contribution in [3.63, 3.8) is 0 Å². The van der Waals surface area contributed by atoms with Gasteiger partial charge in [0.15, 0.2) is 6.29 Å². The highest BCUT2D eigenvalue weighted by molar-refractivity contribution is 5.93. The number of carbonyl (C=O) groups excluding carboxylic acids is 2. The summed E-state index contributed by atoms with van der Waals surface area (Å²) in [6.07, 6.45) is 6.15. The minimum absolute atomic E-state index is 0.0134. The number of rotatable bonds is 14. The van der Waals surface area contributed by atoms with Crippen LogP contribution in [0.1, 0.15) is 67.6 Å². The summed E-state index contributed by atoms with van der Waals surface area (Å²) in [5.74, 6) is 0.584. The van der Waals surface area contributed by atoms with Gasteiger partial charge < -0.3 is 35.8 Å². The highest BCUT2D eigenvalue weighted by Crippen LogP contribution is 2.39. The number of nitrogen functional groups attached to an aromatic ring is 1. The van der Waals surface area contributed by atoms with Crippen molar-refractivity contribution in [2.24, 2.45) is 0 Å². The third-order valence-corrected chi connectivity index (χ3v) is 9.27. The highest BCUT2D eigenvalue weighted by atomic mass is 16.7. The number of carbonyl (C=O) groups is 2. The van der Waals surface area contributed by atoms with E-state index < -0.39 is 6.29 Å². The Bertz CT molecular complexity index is 1720. The zero-order valence-corrected chi connectivity index (χ0v) is 28.8. The van der Waals surface area contributed by atoms with Gasteiger partial charge in [0.1, 0.15) is 0 Å². The number of hydrogen-bond donors (Lipinski definition) is 4. The van der Waals surface area contributed by atoms with Crippen LogP contribution in [0.3, 0.4) is 0 Å². The molecule has 3 heterocycles. The number of para-hydroxylation sites is 2. The molecule has 3 unspecified atom stereocenters. The summed E-state index contributed by atoms with van der Waals surface area (Å²) in [6.45, 7) is 4.16. The number of piperazine rings is 1. The number of nitrogens with one attached hydrogen (secondary N) is 2. The average molecular weight is 694 g/mol. The van der Waals surface area contributed by atoms with E-state index >= 15 is 0 Å². The SMILES string of the molecule is Nc1ccccc1NC(=O)CCCCCC(=O)Nc1cccc(C2OC(CN3CCN(c4ncccn4)CC3)CC(c3ccc(CO)cc3)O2)c1. The molecule has 2 saturated heterocycles. The first kappa shape index (κ1) is 35.9. The molecule has 0 saturated carbocycles. The normalized spacial score (nSPS) is 19.4. The lowest BCUT2D eigenvalue weighted by molar-refractivity contribution is -0.253. The monoisotopic (exact) mass is 693 g/mol. The first-order chi connectivity index (χ1) is 24.9. The summed E-state index contributed by atoms with van der Waals surface area (Å²) < 4.78 is 13.2. The Balaban J connectivity index is 1.02. The molecular weight excluding hydrogens is 646 g/mol. The summed E-state index contributed by atoms with van der Waals surface area (Å²) in [4.78, 5) is 38.6. The van der Waals surface area contributed by atoms with Crippen LogP contribution in [0.15, 0.2) is 91.3 Å². The second-order valence-electron chi connectivity index (χ2n) is 13.1. The molecule has 12 heteroatoms. The minimum atomic E-state index is -0.625. The summed E-state index contributed by atoms with van der Waals surface area (Å²) in [5.41, 5.74) is 10.4. The van der Waals surface area contributed by atoms with E-state index in [0.29, 0.717) is 49.2 Å². The second kappa shape index (κ2) is 17.9. The van der Waals surface area contributed by atoms with Gasteiger partial charge in [-0.3, -0.25) is 14.5 Å². The van der Waals surface area contributed by atoms with E-state index in [1.165, 1.54) is 0 Å². The molecule has 5 N–H and O–H groups in total. The lowest BCUT2D eigenvalue weighted by atomic mass is 9.99. The molecule has 268 valence electrons. The third-order valence-electron chi connectivity index (χ3n) is 9.27. The minimum Gasteiger partial charge on any atom is -0.397 e. The smallest absolute Gasteiger partial charge is 0.225 e. The Morgan fingerprint density at radius 2 is 1.53 bits per heavy atom. The van der Waals surface area contributed by atoms with E-state index in [0.717, 1.165) is 61.8 Å². The molecule has 0 spiro atoms. The van der Waals surface area contributed by atoms with Gasteiger partial charge in [-0.05, 0) is 54.3 Å². The van der Waals surface area contributed by atoms with Gasteiger partial charge in [-0.25, -0.2) is 9.97 Å². The molecule has 0 radical (unpaired) electrons. The van der Waals surface area contributed by atoms with Crippen molar-refractivity contribution in [1.82, 2.24) is 14.9 Å². The van der Waals surface area contributed by atoms with Gasteiger partial charge >= 0.3 is 0 Å². The van der Waals surface area contributed by atoms with Gasteiger partial charge in [0.2, 0.25) is 17.8 Å². The molecule has 4 aromatic rings. The quantitative estimate of drug-likeness (QED) is 0.0991. The van der Waals surface area contributed by atoms with E-state index in [-0.39, 0.29) is 30.6 Å². The number of aliphatic hydroxyl groups is 1. The van der Waals surface area contributed by atoms with Crippen LogP contribution in [0, 0.1) is 0 Å². The van der Waals surface area contributed by atoms with E-state index in [1.807, 2.05) is 66.7 Å². The van der Waals surface area contributed by atoms with E-state index in [1.54, 1.807) is 24.5 Å². The number of hydrogen-bond acceptors (Lipinski definition) is 10. The fraction of sp³-hybridized carbons (Fsp3) is 0.385. The Morgan fingerprint density at radius 3 is 2.25 bits per heavy atom. The Morgan fingerprint density at radius 1 is 0.804 bits per heavy atom. The van der Waals surface area contributed by atoms with Crippen LogP contribution in [0.5, 0.6) is 0 Å². The Labute approximate surface area is 299 Å². The van der Waals surface area contributed by atoms with Crippen LogP contribution in [0.25, 0.3) is 0 Å². The van der Waals surface area contributed by atoms with Crippen molar-refractivity contribution in [1.29, 1.82) is 0 Å². The first-order valence-electron chi connectivity index (χ1n) is 17.7. The number of amides is 2. The summed E-state index contributed by atoms with van der Waals surface area (Å²) in [6, 6.07) is 24.5. The van der Waals surface area contributed by atoms with Crippen LogP contribution in [-0.2, 0) is 25.7 Å². The molecule has 51 heavy (non-hydrogen) atoms. The standard InChI is InChI=1S/C39H47N7O5/c40-33-10-4-5-11-34(33)44-37(49)13-3-1-2-12-36(48)43-31-9-6-8-30(24-31)38-50-32(25-35(51-38)29-16-14-28(27-47)15-17-29)26-45-20-22-46(23-21-45)39-41-18-7-19-42-39/h4-11,14-19,24,32,35,38,47H,1-3,12-13,20-23,25-27,40H2,(H,43,48)(H,44,49). The number of nitrogens with two attached hydrogens (primary N) is 1. The van der Waals surface area contributed by atoms with Crippen LogP contribution in [0.4, 0.5) is 23.0 Å². The molecule has 2 aliphatic heterocycles. The van der Waals surface area contributed by atoms with E-state index in [4.69, 9.17) is 15.2 Å².